The zero-order valence-corrected chi connectivity index (χ0v) is 16.5. The van der Waals surface area contributed by atoms with Gasteiger partial charge in [0.15, 0.2) is 0 Å². The number of hydrogen-bond donors (Lipinski definition) is 1. The highest BCUT2D eigenvalue weighted by Gasteiger charge is 2.24. The van der Waals surface area contributed by atoms with Crippen molar-refractivity contribution in [2.75, 3.05) is 33.9 Å². The van der Waals surface area contributed by atoms with Crippen molar-refractivity contribution in [3.63, 3.8) is 0 Å². The summed E-state index contributed by atoms with van der Waals surface area (Å²) in [5, 5.41) is 3.56. The van der Waals surface area contributed by atoms with Gasteiger partial charge in [-0.1, -0.05) is 23.7 Å². The molecule has 0 saturated carbocycles. The molecule has 2 aromatic carbocycles. The zero-order chi connectivity index (χ0) is 19.2. The lowest BCUT2D eigenvalue weighted by Crippen LogP contribution is -2.36. The Morgan fingerprint density at radius 3 is 2.44 bits per heavy atom. The number of benzene rings is 2. The summed E-state index contributed by atoms with van der Waals surface area (Å²) in [7, 11) is 3.20. The van der Waals surface area contributed by atoms with E-state index in [9.17, 15) is 4.79 Å². The van der Waals surface area contributed by atoms with E-state index in [0.29, 0.717) is 22.9 Å². The van der Waals surface area contributed by atoms with Gasteiger partial charge in [-0.3, -0.25) is 9.69 Å². The summed E-state index contributed by atoms with van der Waals surface area (Å²) in [6.45, 7) is 2.58. The SMILES string of the molecule is COc1ccc(C(CNC(=O)c2cc(Cl)ccc2OC)N2CCCC2)cc1. The van der Waals surface area contributed by atoms with E-state index in [0.717, 1.165) is 24.4 Å². The minimum atomic E-state index is -0.188. The van der Waals surface area contributed by atoms with Crippen LogP contribution in [0.1, 0.15) is 34.8 Å². The van der Waals surface area contributed by atoms with E-state index in [1.165, 1.54) is 12.8 Å². The molecule has 1 aliphatic rings. The van der Waals surface area contributed by atoms with Gasteiger partial charge in [0.1, 0.15) is 11.5 Å². The Morgan fingerprint density at radius 1 is 1.11 bits per heavy atom. The molecule has 0 aliphatic carbocycles. The number of amides is 1. The topological polar surface area (TPSA) is 50.8 Å². The van der Waals surface area contributed by atoms with Crippen molar-refractivity contribution < 1.29 is 14.3 Å². The fourth-order valence-electron chi connectivity index (χ4n) is 3.48. The number of likely N-dealkylation sites (tertiary alicyclic amines) is 1. The van der Waals surface area contributed by atoms with Gasteiger partial charge < -0.3 is 14.8 Å². The molecule has 144 valence electrons. The number of nitrogens with one attached hydrogen (secondary N) is 1. The number of halogens is 1. The lowest BCUT2D eigenvalue weighted by Gasteiger charge is -2.28. The third-order valence-electron chi connectivity index (χ3n) is 4.94. The molecule has 0 aromatic heterocycles. The standard InChI is InChI=1S/C21H25ClN2O3/c1-26-17-8-5-15(6-9-17)19(24-11-3-4-12-24)14-23-21(25)18-13-16(22)7-10-20(18)27-2/h5-10,13,19H,3-4,11-12,14H2,1-2H3,(H,23,25). The lowest BCUT2D eigenvalue weighted by atomic mass is 10.0. The summed E-state index contributed by atoms with van der Waals surface area (Å²) in [5.74, 6) is 1.15. The quantitative estimate of drug-likeness (QED) is 0.780. The van der Waals surface area contributed by atoms with Gasteiger partial charge in [-0.05, 0) is 61.8 Å². The molecule has 1 unspecified atom stereocenters. The zero-order valence-electron chi connectivity index (χ0n) is 15.7. The van der Waals surface area contributed by atoms with Crippen LogP contribution >= 0.6 is 11.6 Å². The third-order valence-corrected chi connectivity index (χ3v) is 5.18. The molecule has 3 rings (SSSR count). The highest BCUT2D eigenvalue weighted by Crippen LogP contribution is 2.27. The number of rotatable bonds is 7. The molecule has 1 saturated heterocycles. The Bertz CT molecular complexity index is 773. The third kappa shape index (κ3) is 4.73. The summed E-state index contributed by atoms with van der Waals surface area (Å²) in [6, 6.07) is 13.2. The molecule has 0 spiro atoms. The first kappa shape index (κ1) is 19.5. The highest BCUT2D eigenvalue weighted by molar-refractivity contribution is 6.31. The molecule has 0 bridgehead atoms. The summed E-state index contributed by atoms with van der Waals surface area (Å²) < 4.78 is 10.6. The van der Waals surface area contributed by atoms with Gasteiger partial charge in [-0.2, -0.15) is 0 Å². The lowest BCUT2D eigenvalue weighted by molar-refractivity contribution is 0.0935. The predicted molar refractivity (Wildman–Crippen MR) is 107 cm³/mol. The molecule has 1 atom stereocenters. The number of ether oxygens (including phenoxy) is 2. The molecule has 2 aromatic rings. The molecule has 6 heteroatoms. The Kier molecular flexibility index (Phi) is 6.58. The minimum absolute atomic E-state index is 0.118. The number of carbonyl (C=O) groups excluding carboxylic acids is 1. The number of nitrogens with zero attached hydrogens (tertiary/aromatic N) is 1. The first-order valence-corrected chi connectivity index (χ1v) is 9.50. The summed E-state index contributed by atoms with van der Waals surface area (Å²) in [4.78, 5) is 15.2. The van der Waals surface area contributed by atoms with Gasteiger partial charge >= 0.3 is 0 Å². The van der Waals surface area contributed by atoms with Crippen molar-refractivity contribution in [2.45, 2.75) is 18.9 Å². The van der Waals surface area contributed by atoms with Gasteiger partial charge in [-0.25, -0.2) is 0 Å². The van der Waals surface area contributed by atoms with Crippen LogP contribution in [0.4, 0.5) is 0 Å². The largest absolute Gasteiger partial charge is 0.497 e. The van der Waals surface area contributed by atoms with Crippen LogP contribution in [-0.2, 0) is 0 Å². The molecule has 1 aliphatic heterocycles. The van der Waals surface area contributed by atoms with E-state index in [2.05, 4.69) is 22.3 Å². The number of hydrogen-bond acceptors (Lipinski definition) is 4. The van der Waals surface area contributed by atoms with Gasteiger partial charge in [0.25, 0.3) is 5.91 Å². The summed E-state index contributed by atoms with van der Waals surface area (Å²) in [6.07, 6.45) is 2.37. The molecule has 5 nitrogen and oxygen atoms in total. The van der Waals surface area contributed by atoms with Crippen molar-refractivity contribution in [1.82, 2.24) is 10.2 Å². The van der Waals surface area contributed by atoms with Crippen LogP contribution < -0.4 is 14.8 Å². The first-order valence-electron chi connectivity index (χ1n) is 9.12. The Morgan fingerprint density at radius 2 is 1.81 bits per heavy atom. The molecule has 0 radical (unpaired) electrons. The molecule has 27 heavy (non-hydrogen) atoms. The van der Waals surface area contributed by atoms with Crippen LogP contribution in [0, 0.1) is 0 Å². The normalized spacial score (nSPS) is 15.4. The van der Waals surface area contributed by atoms with Crippen molar-refractivity contribution in [3.05, 3.63) is 58.6 Å². The van der Waals surface area contributed by atoms with E-state index in [1.807, 2.05) is 12.1 Å². The number of carbonyl (C=O) groups is 1. The van der Waals surface area contributed by atoms with Crippen LogP contribution in [0.15, 0.2) is 42.5 Å². The van der Waals surface area contributed by atoms with Gasteiger partial charge in [0, 0.05) is 11.6 Å². The van der Waals surface area contributed by atoms with Crippen molar-refractivity contribution in [3.8, 4) is 11.5 Å². The molecule has 1 amide bonds. The molecule has 1 N–H and O–H groups in total. The van der Waals surface area contributed by atoms with Gasteiger partial charge in [0.05, 0.1) is 25.8 Å². The molecular weight excluding hydrogens is 364 g/mol. The van der Waals surface area contributed by atoms with E-state index in [-0.39, 0.29) is 11.9 Å². The molecule has 1 fully saturated rings. The predicted octanol–water partition coefficient (Wildman–Crippen LogP) is 3.92. The van der Waals surface area contributed by atoms with Crippen molar-refractivity contribution in [2.24, 2.45) is 0 Å². The average Bonchev–Trinajstić information content (AvgIpc) is 3.23. The maximum atomic E-state index is 12.7. The number of methoxy groups -OCH3 is 2. The smallest absolute Gasteiger partial charge is 0.255 e. The second-order valence-electron chi connectivity index (χ2n) is 6.59. The van der Waals surface area contributed by atoms with Crippen LogP contribution in [-0.4, -0.2) is 44.7 Å². The Balaban J connectivity index is 1.76. The minimum Gasteiger partial charge on any atom is -0.497 e. The molecular formula is C21H25ClN2O3. The second kappa shape index (κ2) is 9.11. The monoisotopic (exact) mass is 388 g/mol. The van der Waals surface area contributed by atoms with Crippen LogP contribution in [0.2, 0.25) is 5.02 Å². The van der Waals surface area contributed by atoms with E-state index >= 15 is 0 Å². The van der Waals surface area contributed by atoms with Crippen molar-refractivity contribution >= 4 is 17.5 Å². The molecule has 1 heterocycles. The Labute approximate surface area is 165 Å². The highest BCUT2D eigenvalue weighted by atomic mass is 35.5. The first-order chi connectivity index (χ1) is 13.1. The van der Waals surface area contributed by atoms with Crippen LogP contribution in [0.5, 0.6) is 11.5 Å². The average molecular weight is 389 g/mol. The fraction of sp³-hybridized carbons (Fsp3) is 0.381. The fourth-order valence-corrected chi connectivity index (χ4v) is 3.65. The van der Waals surface area contributed by atoms with Crippen LogP contribution in [0.3, 0.4) is 0 Å². The summed E-state index contributed by atoms with van der Waals surface area (Å²) in [5.41, 5.74) is 1.61. The van der Waals surface area contributed by atoms with E-state index in [1.54, 1.807) is 32.4 Å². The van der Waals surface area contributed by atoms with Gasteiger partial charge in [-0.15, -0.1) is 0 Å². The van der Waals surface area contributed by atoms with Crippen LogP contribution in [0.25, 0.3) is 0 Å². The summed E-state index contributed by atoms with van der Waals surface area (Å²) >= 11 is 6.05. The maximum absolute atomic E-state index is 12.7. The second-order valence-corrected chi connectivity index (χ2v) is 7.02. The van der Waals surface area contributed by atoms with Gasteiger partial charge in [0.2, 0.25) is 0 Å². The van der Waals surface area contributed by atoms with Crippen molar-refractivity contribution in [1.29, 1.82) is 0 Å². The van der Waals surface area contributed by atoms with E-state index < -0.39 is 0 Å². The maximum Gasteiger partial charge on any atom is 0.255 e. The Hall–Kier alpha value is -2.24. The van der Waals surface area contributed by atoms with E-state index in [4.69, 9.17) is 21.1 Å².